The highest BCUT2D eigenvalue weighted by Gasteiger charge is 2.36. The molecule has 4 heteroatoms. The molecule has 0 saturated carbocycles. The lowest BCUT2D eigenvalue weighted by atomic mass is 10.1. The average Bonchev–Trinajstić information content (AvgIpc) is 2.91. The Labute approximate surface area is 176 Å². The van der Waals surface area contributed by atoms with Gasteiger partial charge in [-0.1, -0.05) is 74.0 Å². The van der Waals surface area contributed by atoms with E-state index in [0.717, 1.165) is 49.1 Å². The van der Waals surface area contributed by atoms with E-state index in [1.54, 1.807) is 0 Å². The SMILES string of the molecule is CCCCN1C(c2ccccc2)=C(I)C(=O)/C1=C(\I)c1ccccc1. The van der Waals surface area contributed by atoms with E-state index in [0.29, 0.717) is 0 Å². The number of unbranched alkanes of at least 4 members (excludes halogenated alkanes) is 1. The standard InChI is InChI=1S/C21H19I2NO/c1-2-3-14-24-19(16-12-8-5-9-13-16)18(23)21(25)20(24)17(22)15-10-6-4-7-11-15/h4-13H,2-3,14H2,1H3/b20-17+. The predicted molar refractivity (Wildman–Crippen MR) is 121 cm³/mol. The van der Waals surface area contributed by atoms with Crippen molar-refractivity contribution in [3.05, 3.63) is 81.1 Å². The summed E-state index contributed by atoms with van der Waals surface area (Å²) in [5.74, 6) is 0.129. The summed E-state index contributed by atoms with van der Waals surface area (Å²) < 4.78 is 1.82. The van der Waals surface area contributed by atoms with Crippen LogP contribution in [-0.2, 0) is 4.79 Å². The van der Waals surface area contributed by atoms with Crippen LogP contribution >= 0.6 is 45.2 Å². The molecule has 0 bridgehead atoms. The second-order valence-corrected chi connectivity index (χ2v) is 8.05. The van der Waals surface area contributed by atoms with E-state index in [-0.39, 0.29) is 5.78 Å². The van der Waals surface area contributed by atoms with Crippen LogP contribution in [0, 0.1) is 0 Å². The van der Waals surface area contributed by atoms with Gasteiger partial charge in [0.15, 0.2) is 0 Å². The van der Waals surface area contributed by atoms with Crippen LogP contribution in [0.3, 0.4) is 0 Å². The van der Waals surface area contributed by atoms with Crippen LogP contribution in [0.25, 0.3) is 9.28 Å². The Balaban J connectivity index is 2.13. The number of carbonyl (C=O) groups excluding carboxylic acids is 1. The minimum atomic E-state index is 0.129. The first-order valence-electron chi connectivity index (χ1n) is 8.37. The minimum absolute atomic E-state index is 0.129. The predicted octanol–water partition coefficient (Wildman–Crippen LogP) is 6.28. The first kappa shape index (κ1) is 18.6. The Morgan fingerprint density at radius 3 is 2.20 bits per heavy atom. The zero-order valence-electron chi connectivity index (χ0n) is 14.0. The van der Waals surface area contributed by atoms with Gasteiger partial charge >= 0.3 is 0 Å². The Hall–Kier alpha value is -1.15. The van der Waals surface area contributed by atoms with Gasteiger partial charge < -0.3 is 4.90 Å². The monoisotopic (exact) mass is 555 g/mol. The molecule has 1 aliphatic heterocycles. The number of hydrogen-bond donors (Lipinski definition) is 0. The van der Waals surface area contributed by atoms with Gasteiger partial charge in [-0.2, -0.15) is 0 Å². The van der Waals surface area contributed by atoms with Crippen molar-refractivity contribution in [1.29, 1.82) is 0 Å². The summed E-state index contributed by atoms with van der Waals surface area (Å²) in [5.41, 5.74) is 4.04. The molecule has 3 rings (SSSR count). The van der Waals surface area contributed by atoms with Crippen LogP contribution in [0.15, 0.2) is 69.9 Å². The van der Waals surface area contributed by atoms with Crippen LogP contribution < -0.4 is 0 Å². The van der Waals surface area contributed by atoms with E-state index in [4.69, 9.17) is 0 Å². The molecule has 0 aromatic heterocycles. The number of benzene rings is 2. The van der Waals surface area contributed by atoms with Gasteiger partial charge in [-0.05, 0) is 62.7 Å². The van der Waals surface area contributed by atoms with Crippen molar-refractivity contribution < 1.29 is 4.79 Å². The van der Waals surface area contributed by atoms with Crippen molar-refractivity contribution in [2.24, 2.45) is 0 Å². The molecule has 25 heavy (non-hydrogen) atoms. The summed E-state index contributed by atoms with van der Waals surface area (Å²) in [4.78, 5) is 15.3. The zero-order valence-corrected chi connectivity index (χ0v) is 18.3. The molecule has 0 saturated heterocycles. The number of halogens is 2. The van der Waals surface area contributed by atoms with Crippen molar-refractivity contribution >= 4 is 60.2 Å². The first-order valence-corrected chi connectivity index (χ1v) is 10.5. The van der Waals surface area contributed by atoms with Crippen molar-refractivity contribution in [2.75, 3.05) is 6.54 Å². The Morgan fingerprint density at radius 1 is 1.00 bits per heavy atom. The topological polar surface area (TPSA) is 20.3 Å². The van der Waals surface area contributed by atoms with Crippen molar-refractivity contribution in [2.45, 2.75) is 19.8 Å². The third-order valence-corrected chi connectivity index (χ3v) is 6.31. The van der Waals surface area contributed by atoms with Crippen molar-refractivity contribution in [1.82, 2.24) is 4.90 Å². The fourth-order valence-electron chi connectivity index (χ4n) is 2.92. The molecule has 0 aliphatic carbocycles. The summed E-state index contributed by atoms with van der Waals surface area (Å²) in [6.07, 6.45) is 2.15. The van der Waals surface area contributed by atoms with Gasteiger partial charge in [0, 0.05) is 10.1 Å². The lowest BCUT2D eigenvalue weighted by Crippen LogP contribution is -2.21. The number of ketones is 1. The van der Waals surface area contributed by atoms with Gasteiger partial charge in [-0.3, -0.25) is 4.79 Å². The van der Waals surface area contributed by atoms with Crippen LogP contribution in [0.5, 0.6) is 0 Å². The van der Waals surface area contributed by atoms with Crippen LogP contribution in [-0.4, -0.2) is 17.2 Å². The van der Waals surface area contributed by atoms with Crippen LogP contribution in [0.4, 0.5) is 0 Å². The molecule has 0 fully saturated rings. The molecule has 0 atom stereocenters. The zero-order chi connectivity index (χ0) is 17.8. The molecular weight excluding hydrogens is 536 g/mol. The van der Waals surface area contributed by atoms with Gasteiger partial charge in [0.2, 0.25) is 5.78 Å². The Morgan fingerprint density at radius 2 is 1.60 bits per heavy atom. The molecule has 0 amide bonds. The third-order valence-electron chi connectivity index (χ3n) is 4.18. The normalized spacial score (nSPS) is 16.6. The second-order valence-electron chi connectivity index (χ2n) is 5.89. The summed E-state index contributed by atoms with van der Waals surface area (Å²) in [6.45, 7) is 3.04. The highest BCUT2D eigenvalue weighted by Crippen LogP contribution is 2.43. The molecule has 0 unspecified atom stereocenters. The quantitative estimate of drug-likeness (QED) is 0.320. The van der Waals surface area contributed by atoms with Gasteiger partial charge in [-0.15, -0.1) is 0 Å². The Kier molecular flexibility index (Phi) is 6.33. The number of rotatable bonds is 5. The molecule has 1 aliphatic rings. The highest BCUT2D eigenvalue weighted by atomic mass is 127. The summed E-state index contributed by atoms with van der Waals surface area (Å²) in [5, 5.41) is 0. The molecule has 2 nitrogen and oxygen atoms in total. The minimum Gasteiger partial charge on any atom is -0.336 e. The maximum atomic E-state index is 13.1. The van der Waals surface area contributed by atoms with Crippen molar-refractivity contribution in [3.8, 4) is 0 Å². The summed E-state index contributed by atoms with van der Waals surface area (Å²) in [7, 11) is 0. The van der Waals surface area contributed by atoms with Crippen LogP contribution in [0.2, 0.25) is 0 Å². The smallest absolute Gasteiger partial charge is 0.218 e. The van der Waals surface area contributed by atoms with Gasteiger partial charge in [-0.25, -0.2) is 0 Å². The molecule has 128 valence electrons. The fraction of sp³-hybridized carbons (Fsp3) is 0.190. The molecule has 2 aromatic carbocycles. The lowest BCUT2D eigenvalue weighted by molar-refractivity contribution is -0.111. The molecule has 0 N–H and O–H groups in total. The van der Waals surface area contributed by atoms with E-state index >= 15 is 0 Å². The number of allylic oxidation sites excluding steroid dienone is 1. The number of carbonyl (C=O) groups is 1. The summed E-state index contributed by atoms with van der Waals surface area (Å²) in [6, 6.07) is 20.4. The number of nitrogens with zero attached hydrogens (tertiary/aromatic N) is 1. The number of Topliss-reactive ketones (excluding diaryl/α,β-unsaturated/α-hetero) is 1. The molecule has 0 spiro atoms. The molecule has 2 aromatic rings. The van der Waals surface area contributed by atoms with Crippen LogP contribution in [0.1, 0.15) is 30.9 Å². The molecule has 1 heterocycles. The van der Waals surface area contributed by atoms with Crippen molar-refractivity contribution in [3.63, 3.8) is 0 Å². The average molecular weight is 555 g/mol. The van der Waals surface area contributed by atoms with E-state index in [9.17, 15) is 4.79 Å². The summed E-state index contributed by atoms with van der Waals surface area (Å²) >= 11 is 4.53. The largest absolute Gasteiger partial charge is 0.336 e. The van der Waals surface area contributed by atoms with Gasteiger partial charge in [0.1, 0.15) is 5.70 Å². The fourth-order valence-corrected chi connectivity index (χ4v) is 4.68. The van der Waals surface area contributed by atoms with E-state index in [2.05, 4.69) is 81.3 Å². The molecule has 0 radical (unpaired) electrons. The van der Waals surface area contributed by atoms with E-state index < -0.39 is 0 Å². The first-order chi connectivity index (χ1) is 12.1. The second kappa shape index (κ2) is 8.49. The van der Waals surface area contributed by atoms with E-state index in [1.165, 1.54) is 0 Å². The highest BCUT2D eigenvalue weighted by molar-refractivity contribution is 14.1. The van der Waals surface area contributed by atoms with E-state index in [1.807, 2.05) is 36.4 Å². The maximum Gasteiger partial charge on any atom is 0.218 e. The third kappa shape index (κ3) is 3.84. The van der Waals surface area contributed by atoms with Gasteiger partial charge in [0.05, 0.1) is 9.28 Å². The van der Waals surface area contributed by atoms with Gasteiger partial charge in [0.25, 0.3) is 0 Å². The lowest BCUT2D eigenvalue weighted by Gasteiger charge is -2.24. The maximum absolute atomic E-state index is 13.1. The Bertz CT molecular complexity index is 825. The number of hydrogen-bond acceptors (Lipinski definition) is 2. The molecular formula is C21H19I2NO.